The number of carbonyl (C=O) groups is 2. The van der Waals surface area contributed by atoms with Gasteiger partial charge >= 0.3 is 6.09 Å². The van der Waals surface area contributed by atoms with E-state index in [4.69, 9.17) is 4.74 Å². The Balaban J connectivity index is 2.65. The molecule has 0 saturated heterocycles. The number of alkyl halides is 2. The number of nitrogens with one attached hydrogen (secondary N) is 1. The summed E-state index contributed by atoms with van der Waals surface area (Å²) >= 11 is 0. The Morgan fingerprint density at radius 3 is 2.30 bits per heavy atom. The summed E-state index contributed by atoms with van der Waals surface area (Å²) in [6.45, 7) is 7.09. The van der Waals surface area contributed by atoms with Gasteiger partial charge < -0.3 is 10.1 Å². The lowest BCUT2D eigenvalue weighted by atomic mass is 9.80. The minimum Gasteiger partial charge on any atom is -0.444 e. The van der Waals surface area contributed by atoms with Crippen molar-refractivity contribution in [3.8, 4) is 0 Å². The van der Waals surface area contributed by atoms with Gasteiger partial charge in [0.2, 0.25) is 5.92 Å². The van der Waals surface area contributed by atoms with Crippen molar-refractivity contribution in [1.29, 1.82) is 0 Å². The third-order valence-corrected chi connectivity index (χ3v) is 4.16. The molecule has 1 fully saturated rings. The maximum absolute atomic E-state index is 13.3. The van der Waals surface area contributed by atoms with Crippen LogP contribution in [0, 0.1) is 5.92 Å². The van der Waals surface area contributed by atoms with Crippen LogP contribution in [0.4, 0.5) is 13.6 Å². The maximum atomic E-state index is 13.3. The Morgan fingerprint density at radius 1 is 1.26 bits per heavy atom. The number of ketones is 1. The minimum atomic E-state index is -2.60. The molecule has 1 amide bonds. The van der Waals surface area contributed by atoms with E-state index in [1.807, 2.05) is 0 Å². The lowest BCUT2D eigenvalue weighted by molar-refractivity contribution is -0.119. The maximum Gasteiger partial charge on any atom is 0.407 e. The zero-order valence-corrected chi connectivity index (χ0v) is 14.6. The molecule has 1 aliphatic rings. The highest BCUT2D eigenvalue weighted by molar-refractivity contribution is 5.78. The van der Waals surface area contributed by atoms with Gasteiger partial charge in [0.25, 0.3) is 0 Å². The van der Waals surface area contributed by atoms with Gasteiger partial charge in [0, 0.05) is 31.7 Å². The highest BCUT2D eigenvalue weighted by Gasteiger charge is 2.38. The number of hydrogen-bond acceptors (Lipinski definition) is 3. The van der Waals surface area contributed by atoms with Crippen LogP contribution in [0.5, 0.6) is 0 Å². The zero-order chi connectivity index (χ0) is 17.7. The average Bonchev–Trinajstić information content (AvgIpc) is 2.41. The average molecular weight is 333 g/mol. The molecule has 0 aromatic rings. The molecule has 0 spiro atoms. The van der Waals surface area contributed by atoms with Crippen molar-refractivity contribution in [3.05, 3.63) is 0 Å². The summed E-state index contributed by atoms with van der Waals surface area (Å²) in [5.74, 6) is -2.53. The summed E-state index contributed by atoms with van der Waals surface area (Å²) in [5, 5.41) is 2.79. The number of rotatable bonds is 6. The van der Waals surface area contributed by atoms with Gasteiger partial charge in [0.15, 0.2) is 0 Å². The first-order valence-electron chi connectivity index (χ1n) is 8.41. The first-order chi connectivity index (χ1) is 10.5. The minimum absolute atomic E-state index is 0.0354. The van der Waals surface area contributed by atoms with Crippen LogP contribution in [-0.4, -0.2) is 29.4 Å². The molecule has 134 valence electrons. The fraction of sp³-hybridized carbons (Fsp3) is 0.882. The van der Waals surface area contributed by atoms with Gasteiger partial charge in [-0.25, -0.2) is 13.6 Å². The number of hydrogen-bond donors (Lipinski definition) is 1. The lowest BCUT2D eigenvalue weighted by Crippen LogP contribution is -2.45. The SMILES string of the molecule is CCC(=O)CC[C@H](NC(=O)OC(C)(C)C)C1CCC(F)(F)CC1. The first kappa shape index (κ1) is 19.8. The van der Waals surface area contributed by atoms with E-state index in [1.165, 1.54) is 0 Å². The summed E-state index contributed by atoms with van der Waals surface area (Å²) in [6.07, 6.45) is 1.11. The highest BCUT2D eigenvalue weighted by Crippen LogP contribution is 2.38. The van der Waals surface area contributed by atoms with E-state index in [-0.39, 0.29) is 30.6 Å². The van der Waals surface area contributed by atoms with Crippen molar-refractivity contribution >= 4 is 11.9 Å². The van der Waals surface area contributed by atoms with E-state index in [1.54, 1.807) is 27.7 Å². The van der Waals surface area contributed by atoms with Crippen LogP contribution < -0.4 is 5.32 Å². The molecule has 0 aromatic heterocycles. The van der Waals surface area contributed by atoms with Crippen LogP contribution in [0.1, 0.15) is 72.6 Å². The topological polar surface area (TPSA) is 55.4 Å². The van der Waals surface area contributed by atoms with Crippen molar-refractivity contribution in [1.82, 2.24) is 5.32 Å². The van der Waals surface area contributed by atoms with Crippen molar-refractivity contribution in [2.75, 3.05) is 0 Å². The molecule has 0 bridgehead atoms. The molecule has 0 heterocycles. The number of ether oxygens (including phenoxy) is 1. The van der Waals surface area contributed by atoms with E-state index in [9.17, 15) is 18.4 Å². The Hall–Kier alpha value is -1.20. The smallest absolute Gasteiger partial charge is 0.407 e. The second kappa shape index (κ2) is 8.06. The molecular formula is C17H29F2NO3. The Bertz CT molecular complexity index is 409. The van der Waals surface area contributed by atoms with Gasteiger partial charge in [-0.1, -0.05) is 6.92 Å². The van der Waals surface area contributed by atoms with Gasteiger partial charge in [-0.15, -0.1) is 0 Å². The van der Waals surface area contributed by atoms with Crippen molar-refractivity contribution in [2.45, 2.75) is 90.2 Å². The quantitative estimate of drug-likeness (QED) is 0.780. The standard InChI is InChI=1S/C17H29F2NO3/c1-5-13(21)6-7-14(20-15(22)23-16(2,3)4)12-8-10-17(18,19)11-9-12/h12,14H,5-11H2,1-4H3,(H,20,22)/t14-/m0/s1. The van der Waals surface area contributed by atoms with Gasteiger partial charge in [-0.2, -0.15) is 0 Å². The molecule has 1 aliphatic carbocycles. The third-order valence-electron chi connectivity index (χ3n) is 4.16. The Labute approximate surface area is 137 Å². The Kier molecular flexibility index (Phi) is 6.96. The van der Waals surface area contributed by atoms with Crippen LogP contribution in [0.25, 0.3) is 0 Å². The van der Waals surface area contributed by atoms with Crippen LogP contribution >= 0.6 is 0 Å². The number of Topliss-reactive ketones (excluding diaryl/α,β-unsaturated/α-hetero) is 1. The number of amides is 1. The molecule has 0 radical (unpaired) electrons. The van der Waals surface area contributed by atoms with Crippen LogP contribution in [0.15, 0.2) is 0 Å². The van der Waals surface area contributed by atoms with E-state index < -0.39 is 17.6 Å². The molecule has 0 unspecified atom stereocenters. The van der Waals surface area contributed by atoms with Gasteiger partial charge in [0.1, 0.15) is 11.4 Å². The van der Waals surface area contributed by atoms with Crippen LogP contribution in [0.2, 0.25) is 0 Å². The summed E-state index contributed by atoms with van der Waals surface area (Å²) in [6, 6.07) is -0.295. The van der Waals surface area contributed by atoms with Crippen molar-refractivity contribution < 1.29 is 23.1 Å². The second-order valence-corrected chi connectivity index (χ2v) is 7.38. The molecule has 0 aliphatic heterocycles. The summed E-state index contributed by atoms with van der Waals surface area (Å²) < 4.78 is 31.9. The highest BCUT2D eigenvalue weighted by atomic mass is 19.3. The molecule has 1 N–H and O–H groups in total. The van der Waals surface area contributed by atoms with Gasteiger partial charge in [-0.3, -0.25) is 4.79 Å². The fourth-order valence-electron chi connectivity index (χ4n) is 2.84. The largest absolute Gasteiger partial charge is 0.444 e. The number of carbonyl (C=O) groups excluding carboxylic acids is 2. The Morgan fingerprint density at radius 2 is 1.83 bits per heavy atom. The molecule has 23 heavy (non-hydrogen) atoms. The van der Waals surface area contributed by atoms with E-state index >= 15 is 0 Å². The van der Waals surface area contributed by atoms with E-state index in [0.717, 1.165) is 0 Å². The van der Waals surface area contributed by atoms with Crippen LogP contribution in [-0.2, 0) is 9.53 Å². The zero-order valence-electron chi connectivity index (χ0n) is 14.6. The first-order valence-corrected chi connectivity index (χ1v) is 8.41. The molecule has 1 atom stereocenters. The number of halogens is 2. The summed E-state index contributed by atoms with van der Waals surface area (Å²) in [4.78, 5) is 23.5. The second-order valence-electron chi connectivity index (χ2n) is 7.38. The molecule has 1 rings (SSSR count). The van der Waals surface area contributed by atoms with E-state index in [0.29, 0.717) is 32.1 Å². The third kappa shape index (κ3) is 7.75. The predicted octanol–water partition coefficient (Wildman–Crippen LogP) is 4.46. The monoisotopic (exact) mass is 333 g/mol. The fourth-order valence-corrected chi connectivity index (χ4v) is 2.84. The summed E-state index contributed by atoms with van der Waals surface area (Å²) in [5.41, 5.74) is -0.618. The van der Waals surface area contributed by atoms with Gasteiger partial charge in [-0.05, 0) is 46.0 Å². The molecule has 1 saturated carbocycles. The van der Waals surface area contributed by atoms with Crippen molar-refractivity contribution in [3.63, 3.8) is 0 Å². The van der Waals surface area contributed by atoms with Gasteiger partial charge in [0.05, 0.1) is 0 Å². The van der Waals surface area contributed by atoms with Crippen LogP contribution in [0.3, 0.4) is 0 Å². The predicted molar refractivity (Wildman–Crippen MR) is 84.6 cm³/mol. The lowest BCUT2D eigenvalue weighted by Gasteiger charge is -2.34. The summed E-state index contributed by atoms with van der Waals surface area (Å²) in [7, 11) is 0. The molecule has 0 aromatic carbocycles. The van der Waals surface area contributed by atoms with E-state index in [2.05, 4.69) is 5.32 Å². The molecular weight excluding hydrogens is 304 g/mol. The normalized spacial score (nSPS) is 19.9. The molecule has 4 nitrogen and oxygen atoms in total. The number of alkyl carbamates (subject to hydrolysis) is 1. The van der Waals surface area contributed by atoms with Crippen molar-refractivity contribution in [2.24, 2.45) is 5.92 Å². The molecule has 6 heteroatoms.